The highest BCUT2D eigenvalue weighted by molar-refractivity contribution is 5.47. The second-order valence-electron chi connectivity index (χ2n) is 6.45. The minimum Gasteiger partial charge on any atom is -0.508 e. The van der Waals surface area contributed by atoms with E-state index in [0.29, 0.717) is 11.8 Å². The second kappa shape index (κ2) is 3.91. The van der Waals surface area contributed by atoms with Crippen molar-refractivity contribution in [3.63, 3.8) is 0 Å². The van der Waals surface area contributed by atoms with Gasteiger partial charge >= 0.3 is 0 Å². The summed E-state index contributed by atoms with van der Waals surface area (Å²) in [5, 5.41) is 13.0. The molecule has 1 aromatic rings. The van der Waals surface area contributed by atoms with Crippen molar-refractivity contribution < 1.29 is 5.11 Å². The molecule has 2 nitrogen and oxygen atoms in total. The van der Waals surface area contributed by atoms with Gasteiger partial charge in [-0.1, -0.05) is 6.42 Å². The Morgan fingerprint density at radius 1 is 0.944 bits per heavy atom. The van der Waals surface area contributed by atoms with Crippen LogP contribution in [0, 0.1) is 23.7 Å². The van der Waals surface area contributed by atoms with Crippen molar-refractivity contribution >= 4 is 5.69 Å². The van der Waals surface area contributed by atoms with Crippen LogP contribution in [0.4, 0.5) is 5.69 Å². The van der Waals surface area contributed by atoms with Gasteiger partial charge in [0.25, 0.3) is 0 Å². The minimum atomic E-state index is 0.351. The Morgan fingerprint density at radius 2 is 1.72 bits per heavy atom. The maximum absolute atomic E-state index is 9.32. The molecule has 5 unspecified atom stereocenters. The largest absolute Gasteiger partial charge is 0.508 e. The first-order valence-electron chi connectivity index (χ1n) is 7.37. The zero-order valence-electron chi connectivity index (χ0n) is 10.7. The molecule has 0 radical (unpaired) electrons. The normalized spacial score (nSPS) is 41.0. The lowest BCUT2D eigenvalue weighted by atomic mass is 9.79. The van der Waals surface area contributed by atoms with Crippen LogP contribution in [-0.4, -0.2) is 11.1 Å². The summed E-state index contributed by atoms with van der Waals surface area (Å²) in [4.78, 5) is 0. The van der Waals surface area contributed by atoms with Crippen LogP contribution in [0.5, 0.6) is 5.75 Å². The minimum absolute atomic E-state index is 0.351. The molecule has 5 atom stereocenters. The van der Waals surface area contributed by atoms with Crippen LogP contribution < -0.4 is 5.32 Å². The lowest BCUT2D eigenvalue weighted by Gasteiger charge is -2.32. The quantitative estimate of drug-likeness (QED) is 0.777. The first kappa shape index (κ1) is 10.7. The monoisotopic (exact) mass is 243 g/mol. The smallest absolute Gasteiger partial charge is 0.115 e. The molecule has 3 fully saturated rings. The predicted octanol–water partition coefficient (Wildman–Crippen LogP) is 3.63. The summed E-state index contributed by atoms with van der Waals surface area (Å²) in [5.74, 6) is 4.34. The number of hydrogen-bond acceptors (Lipinski definition) is 2. The molecule has 0 aromatic heterocycles. The number of aromatic hydroxyl groups is 1. The number of fused-ring (bicyclic) bond motifs is 5. The number of phenolic OH excluding ortho intramolecular Hbond substituents is 1. The van der Waals surface area contributed by atoms with Gasteiger partial charge in [-0.15, -0.1) is 0 Å². The van der Waals surface area contributed by atoms with Gasteiger partial charge in [-0.25, -0.2) is 0 Å². The summed E-state index contributed by atoms with van der Waals surface area (Å²) in [6, 6.07) is 8.21. The third-order valence-corrected chi connectivity index (χ3v) is 5.65. The van der Waals surface area contributed by atoms with Crippen LogP contribution in [0.25, 0.3) is 0 Å². The van der Waals surface area contributed by atoms with Crippen molar-refractivity contribution in [1.82, 2.24) is 0 Å². The Bertz CT molecular complexity index is 441. The molecule has 96 valence electrons. The van der Waals surface area contributed by atoms with Gasteiger partial charge in [-0.05, 0) is 73.6 Å². The van der Waals surface area contributed by atoms with E-state index in [1.165, 1.54) is 37.8 Å². The standard InChI is InChI=1S/C16H21NO/c18-12-6-4-11(5-7-12)17-16-9-10-8-15(16)14-3-1-2-13(10)14/h4-7,10,13-18H,1-3,8-9H2. The first-order valence-corrected chi connectivity index (χ1v) is 7.37. The predicted molar refractivity (Wildman–Crippen MR) is 72.6 cm³/mol. The van der Waals surface area contributed by atoms with Crippen LogP contribution in [0.3, 0.4) is 0 Å². The van der Waals surface area contributed by atoms with E-state index in [2.05, 4.69) is 5.32 Å². The highest BCUT2D eigenvalue weighted by atomic mass is 16.3. The van der Waals surface area contributed by atoms with Crippen LogP contribution in [0.15, 0.2) is 24.3 Å². The summed E-state index contributed by atoms with van der Waals surface area (Å²) in [6.45, 7) is 0. The highest BCUT2D eigenvalue weighted by Crippen LogP contribution is 2.59. The van der Waals surface area contributed by atoms with Gasteiger partial charge in [-0.3, -0.25) is 0 Å². The molecule has 3 aliphatic rings. The van der Waals surface area contributed by atoms with Gasteiger partial charge in [0.15, 0.2) is 0 Å². The Kier molecular flexibility index (Phi) is 2.33. The molecule has 0 heterocycles. The molecule has 18 heavy (non-hydrogen) atoms. The summed E-state index contributed by atoms with van der Waals surface area (Å²) in [7, 11) is 0. The molecular weight excluding hydrogens is 222 g/mol. The summed E-state index contributed by atoms with van der Waals surface area (Å²) in [6.07, 6.45) is 7.27. The zero-order valence-corrected chi connectivity index (χ0v) is 10.7. The van der Waals surface area contributed by atoms with E-state index < -0.39 is 0 Å². The van der Waals surface area contributed by atoms with Crippen molar-refractivity contribution in [2.45, 2.75) is 38.1 Å². The van der Waals surface area contributed by atoms with E-state index in [1.54, 1.807) is 12.1 Å². The van der Waals surface area contributed by atoms with Crippen molar-refractivity contribution in [3.8, 4) is 5.75 Å². The molecule has 4 rings (SSSR count). The number of hydrogen-bond donors (Lipinski definition) is 2. The Balaban J connectivity index is 1.49. The van der Waals surface area contributed by atoms with E-state index in [0.717, 1.165) is 23.7 Å². The molecule has 2 bridgehead atoms. The zero-order chi connectivity index (χ0) is 12.1. The van der Waals surface area contributed by atoms with Gasteiger partial charge in [0.05, 0.1) is 0 Å². The third kappa shape index (κ3) is 1.54. The van der Waals surface area contributed by atoms with Crippen molar-refractivity contribution in [3.05, 3.63) is 24.3 Å². The lowest BCUT2D eigenvalue weighted by molar-refractivity contribution is 0.243. The molecule has 2 heteroatoms. The second-order valence-corrected chi connectivity index (χ2v) is 6.45. The van der Waals surface area contributed by atoms with Crippen molar-refractivity contribution in [2.24, 2.45) is 23.7 Å². The van der Waals surface area contributed by atoms with E-state index >= 15 is 0 Å². The maximum Gasteiger partial charge on any atom is 0.115 e. The van der Waals surface area contributed by atoms with Gasteiger partial charge in [0, 0.05) is 11.7 Å². The van der Waals surface area contributed by atoms with E-state index in [4.69, 9.17) is 0 Å². The molecule has 3 saturated carbocycles. The van der Waals surface area contributed by atoms with Gasteiger partial charge in [0.1, 0.15) is 5.75 Å². The first-order chi connectivity index (χ1) is 8.81. The topological polar surface area (TPSA) is 32.3 Å². The highest BCUT2D eigenvalue weighted by Gasteiger charge is 2.53. The Labute approximate surface area is 108 Å². The van der Waals surface area contributed by atoms with Crippen molar-refractivity contribution in [1.29, 1.82) is 0 Å². The molecule has 0 aliphatic heterocycles. The Morgan fingerprint density at radius 3 is 2.56 bits per heavy atom. The summed E-state index contributed by atoms with van der Waals surface area (Å²) >= 11 is 0. The third-order valence-electron chi connectivity index (χ3n) is 5.65. The molecule has 0 amide bonds. The fourth-order valence-electron chi connectivity index (χ4n) is 5.01. The lowest BCUT2D eigenvalue weighted by Crippen LogP contribution is -2.33. The molecule has 0 spiro atoms. The van der Waals surface area contributed by atoms with Crippen LogP contribution >= 0.6 is 0 Å². The molecule has 3 aliphatic carbocycles. The SMILES string of the molecule is Oc1ccc(NC2CC3CC2C2CCCC32)cc1. The fraction of sp³-hybridized carbons (Fsp3) is 0.625. The van der Waals surface area contributed by atoms with E-state index in [-0.39, 0.29) is 0 Å². The number of rotatable bonds is 2. The number of nitrogens with one attached hydrogen (secondary N) is 1. The van der Waals surface area contributed by atoms with E-state index in [1.807, 2.05) is 12.1 Å². The summed E-state index contributed by atoms with van der Waals surface area (Å²) < 4.78 is 0. The number of phenols is 1. The van der Waals surface area contributed by atoms with Crippen LogP contribution in [0.1, 0.15) is 32.1 Å². The molecule has 0 saturated heterocycles. The van der Waals surface area contributed by atoms with Crippen LogP contribution in [0.2, 0.25) is 0 Å². The van der Waals surface area contributed by atoms with Gasteiger partial charge < -0.3 is 10.4 Å². The average molecular weight is 243 g/mol. The molecular formula is C16H21NO. The summed E-state index contributed by atoms with van der Waals surface area (Å²) in [5.41, 5.74) is 1.17. The van der Waals surface area contributed by atoms with Crippen molar-refractivity contribution in [2.75, 3.05) is 5.32 Å². The van der Waals surface area contributed by atoms with Gasteiger partial charge in [-0.2, -0.15) is 0 Å². The van der Waals surface area contributed by atoms with Crippen LogP contribution in [-0.2, 0) is 0 Å². The Hall–Kier alpha value is -1.18. The number of benzene rings is 1. The number of anilines is 1. The molecule has 2 N–H and O–H groups in total. The maximum atomic E-state index is 9.32. The molecule has 1 aromatic carbocycles. The average Bonchev–Trinajstić information content (AvgIpc) is 3.03. The fourth-order valence-corrected chi connectivity index (χ4v) is 5.01. The van der Waals surface area contributed by atoms with E-state index in [9.17, 15) is 5.11 Å². The van der Waals surface area contributed by atoms with Gasteiger partial charge in [0.2, 0.25) is 0 Å².